The molecule has 3 heterocycles. The van der Waals surface area contributed by atoms with Crippen molar-refractivity contribution in [2.24, 2.45) is 4.99 Å². The SMILES string of the molecule is CCN1CCN(c2ccc(CNC(=NC)NC3CCCn4nc(C)nc43)cc2F)CC1. The number of benzene rings is 1. The van der Waals surface area contributed by atoms with Crippen molar-refractivity contribution in [2.75, 3.05) is 44.7 Å². The lowest BCUT2D eigenvalue weighted by atomic mass is 10.1. The van der Waals surface area contributed by atoms with E-state index < -0.39 is 0 Å². The number of aliphatic imine (C=N–C) groups is 1. The smallest absolute Gasteiger partial charge is 0.191 e. The molecule has 0 spiro atoms. The Balaban J connectivity index is 1.35. The quantitative estimate of drug-likeness (QED) is 0.561. The van der Waals surface area contributed by atoms with E-state index in [9.17, 15) is 4.39 Å². The van der Waals surface area contributed by atoms with Crippen LogP contribution in [0.15, 0.2) is 23.2 Å². The summed E-state index contributed by atoms with van der Waals surface area (Å²) in [6.07, 6.45) is 2.02. The number of aromatic nitrogens is 3. The van der Waals surface area contributed by atoms with E-state index in [2.05, 4.69) is 42.4 Å². The van der Waals surface area contributed by atoms with Crippen molar-refractivity contribution in [3.8, 4) is 0 Å². The number of rotatable bonds is 5. The van der Waals surface area contributed by atoms with Crippen LogP contribution in [0.2, 0.25) is 0 Å². The summed E-state index contributed by atoms with van der Waals surface area (Å²) < 4.78 is 16.8. The number of halogens is 1. The second kappa shape index (κ2) is 9.64. The molecule has 168 valence electrons. The van der Waals surface area contributed by atoms with Crippen LogP contribution < -0.4 is 15.5 Å². The van der Waals surface area contributed by atoms with Crippen molar-refractivity contribution in [2.45, 2.75) is 45.8 Å². The van der Waals surface area contributed by atoms with Crippen LogP contribution in [-0.4, -0.2) is 65.4 Å². The van der Waals surface area contributed by atoms with Gasteiger partial charge in [0.05, 0.1) is 11.7 Å². The largest absolute Gasteiger partial charge is 0.367 e. The van der Waals surface area contributed by atoms with Crippen LogP contribution in [-0.2, 0) is 13.1 Å². The zero-order chi connectivity index (χ0) is 21.8. The normalized spacial score (nSPS) is 19.9. The number of hydrogen-bond donors (Lipinski definition) is 2. The summed E-state index contributed by atoms with van der Waals surface area (Å²) in [6, 6.07) is 5.59. The fraction of sp³-hybridized carbons (Fsp3) is 0.591. The number of fused-ring (bicyclic) bond motifs is 1. The highest BCUT2D eigenvalue weighted by atomic mass is 19.1. The molecule has 9 heteroatoms. The predicted molar refractivity (Wildman–Crippen MR) is 121 cm³/mol. The number of likely N-dealkylation sites (N-methyl/N-ethyl adjacent to an activating group) is 1. The summed E-state index contributed by atoms with van der Waals surface area (Å²) in [4.78, 5) is 13.4. The number of piperazine rings is 1. The minimum absolute atomic E-state index is 0.0713. The van der Waals surface area contributed by atoms with Crippen molar-refractivity contribution in [3.05, 3.63) is 41.2 Å². The topological polar surface area (TPSA) is 73.6 Å². The maximum absolute atomic E-state index is 14.8. The van der Waals surface area contributed by atoms with Gasteiger partial charge in [-0.05, 0) is 44.0 Å². The number of nitrogens with zero attached hydrogens (tertiary/aromatic N) is 6. The molecule has 31 heavy (non-hydrogen) atoms. The van der Waals surface area contributed by atoms with E-state index in [1.165, 1.54) is 0 Å². The molecule has 2 N–H and O–H groups in total. The Morgan fingerprint density at radius 2 is 2.03 bits per heavy atom. The first kappa shape index (κ1) is 21.5. The standard InChI is InChI=1S/C22H33FN8/c1-4-29-10-12-30(13-11-29)20-8-7-17(14-18(20)23)15-25-22(24-3)27-19-6-5-9-31-21(19)26-16(2)28-31/h7-8,14,19H,4-6,9-13,15H2,1-3H3,(H2,24,25,27). The van der Waals surface area contributed by atoms with E-state index in [0.717, 1.165) is 69.3 Å². The molecule has 1 fully saturated rings. The number of aryl methyl sites for hydroxylation is 2. The molecule has 2 aliphatic rings. The van der Waals surface area contributed by atoms with E-state index in [-0.39, 0.29) is 11.9 Å². The van der Waals surface area contributed by atoms with Crippen LogP contribution in [0.3, 0.4) is 0 Å². The third-order valence-electron chi connectivity index (χ3n) is 6.15. The molecule has 2 aromatic rings. The highest BCUT2D eigenvalue weighted by molar-refractivity contribution is 5.80. The molecular formula is C22H33FN8. The number of hydrogen-bond acceptors (Lipinski definition) is 5. The summed E-state index contributed by atoms with van der Waals surface area (Å²) in [5, 5.41) is 11.2. The second-order valence-corrected chi connectivity index (χ2v) is 8.21. The molecule has 1 atom stereocenters. The zero-order valence-corrected chi connectivity index (χ0v) is 18.7. The first-order valence-electron chi connectivity index (χ1n) is 11.2. The van der Waals surface area contributed by atoms with Crippen molar-refractivity contribution in [1.82, 2.24) is 30.3 Å². The van der Waals surface area contributed by atoms with Gasteiger partial charge in [-0.3, -0.25) is 4.99 Å². The molecule has 1 saturated heterocycles. The molecule has 0 aliphatic carbocycles. The monoisotopic (exact) mass is 428 g/mol. The lowest BCUT2D eigenvalue weighted by Gasteiger charge is -2.35. The third kappa shape index (κ3) is 4.98. The van der Waals surface area contributed by atoms with Gasteiger partial charge in [0, 0.05) is 46.3 Å². The van der Waals surface area contributed by atoms with E-state index in [4.69, 9.17) is 0 Å². The van der Waals surface area contributed by atoms with E-state index in [1.54, 1.807) is 13.1 Å². The van der Waals surface area contributed by atoms with E-state index in [1.807, 2.05) is 23.7 Å². The van der Waals surface area contributed by atoms with Gasteiger partial charge < -0.3 is 20.4 Å². The molecule has 0 bridgehead atoms. The van der Waals surface area contributed by atoms with Gasteiger partial charge in [0.2, 0.25) is 0 Å². The summed E-state index contributed by atoms with van der Waals surface area (Å²) in [6.45, 7) is 10.2. The van der Waals surface area contributed by atoms with Crippen molar-refractivity contribution in [3.63, 3.8) is 0 Å². The van der Waals surface area contributed by atoms with Gasteiger partial charge in [-0.1, -0.05) is 13.0 Å². The van der Waals surface area contributed by atoms with Gasteiger partial charge in [0.15, 0.2) is 5.96 Å². The minimum Gasteiger partial charge on any atom is -0.367 e. The lowest BCUT2D eigenvalue weighted by Crippen LogP contribution is -2.46. The fourth-order valence-electron chi connectivity index (χ4n) is 4.37. The second-order valence-electron chi connectivity index (χ2n) is 8.21. The summed E-state index contributed by atoms with van der Waals surface area (Å²) in [5.74, 6) is 2.26. The number of anilines is 1. The van der Waals surface area contributed by atoms with Gasteiger partial charge in [-0.2, -0.15) is 5.10 Å². The number of guanidine groups is 1. The van der Waals surface area contributed by atoms with Gasteiger partial charge >= 0.3 is 0 Å². The van der Waals surface area contributed by atoms with Crippen molar-refractivity contribution >= 4 is 11.6 Å². The number of nitrogens with one attached hydrogen (secondary N) is 2. The average Bonchev–Trinajstić information content (AvgIpc) is 3.18. The maximum atomic E-state index is 14.8. The van der Waals surface area contributed by atoms with Gasteiger partial charge in [0.25, 0.3) is 0 Å². The molecular weight excluding hydrogens is 395 g/mol. The third-order valence-corrected chi connectivity index (χ3v) is 6.15. The molecule has 0 amide bonds. The van der Waals surface area contributed by atoms with Crippen LogP contribution >= 0.6 is 0 Å². The van der Waals surface area contributed by atoms with E-state index in [0.29, 0.717) is 18.2 Å². The zero-order valence-electron chi connectivity index (χ0n) is 18.7. The van der Waals surface area contributed by atoms with Crippen LogP contribution in [0.25, 0.3) is 0 Å². The molecule has 4 rings (SSSR count). The van der Waals surface area contributed by atoms with Crippen LogP contribution in [0.5, 0.6) is 0 Å². The highest BCUT2D eigenvalue weighted by Gasteiger charge is 2.24. The highest BCUT2D eigenvalue weighted by Crippen LogP contribution is 2.24. The van der Waals surface area contributed by atoms with Crippen molar-refractivity contribution < 1.29 is 4.39 Å². The first-order valence-corrected chi connectivity index (χ1v) is 11.2. The van der Waals surface area contributed by atoms with Gasteiger partial charge in [-0.25, -0.2) is 14.1 Å². The Bertz CT molecular complexity index is 916. The minimum atomic E-state index is -0.164. The Morgan fingerprint density at radius 3 is 2.74 bits per heavy atom. The predicted octanol–water partition coefficient (Wildman–Crippen LogP) is 2.07. The van der Waals surface area contributed by atoms with Crippen molar-refractivity contribution in [1.29, 1.82) is 0 Å². The molecule has 1 unspecified atom stereocenters. The molecule has 0 saturated carbocycles. The Labute approximate surface area is 183 Å². The molecule has 2 aliphatic heterocycles. The average molecular weight is 429 g/mol. The lowest BCUT2D eigenvalue weighted by molar-refractivity contribution is 0.270. The van der Waals surface area contributed by atoms with Crippen LogP contribution in [0.1, 0.15) is 43.0 Å². The Kier molecular flexibility index (Phi) is 6.70. The molecule has 0 radical (unpaired) electrons. The van der Waals surface area contributed by atoms with Crippen LogP contribution in [0.4, 0.5) is 10.1 Å². The Morgan fingerprint density at radius 1 is 1.23 bits per heavy atom. The summed E-state index contributed by atoms with van der Waals surface area (Å²) in [7, 11) is 1.74. The first-order chi connectivity index (χ1) is 15.1. The molecule has 8 nitrogen and oxygen atoms in total. The van der Waals surface area contributed by atoms with Crippen LogP contribution in [0, 0.1) is 12.7 Å². The summed E-state index contributed by atoms with van der Waals surface area (Å²) >= 11 is 0. The van der Waals surface area contributed by atoms with Gasteiger partial charge in [0.1, 0.15) is 17.5 Å². The summed E-state index contributed by atoms with van der Waals surface area (Å²) in [5.41, 5.74) is 1.58. The van der Waals surface area contributed by atoms with Gasteiger partial charge in [-0.15, -0.1) is 0 Å². The van der Waals surface area contributed by atoms with E-state index >= 15 is 0 Å². The fourth-order valence-corrected chi connectivity index (χ4v) is 4.37. The maximum Gasteiger partial charge on any atom is 0.191 e. The molecule has 1 aromatic carbocycles. The Hall–Kier alpha value is -2.68. The molecule has 1 aromatic heterocycles.